The Bertz CT molecular complexity index is 1490. The number of piperazine rings is 1. The van der Waals surface area contributed by atoms with Gasteiger partial charge in [0.15, 0.2) is 9.84 Å². The van der Waals surface area contributed by atoms with E-state index in [4.69, 9.17) is 4.74 Å². The molecule has 0 saturated carbocycles. The molecule has 1 fully saturated rings. The fourth-order valence-electron chi connectivity index (χ4n) is 7.44. The standard InChI is InChI=1S/C39H55N3O3S/c1-5-8-20-39(21-9-6-2)27-37(36-26-34(40-4)16-19-38(36)46(43,44)30-39)33-14-17-35(18-15-33)45-29-32-12-10-31(11-13-32)28-42-24-22-41(7-3)23-25-42/h10-19,26,37,40H,5-9,20-25,27-30H2,1-4H3/t37-/m1/s1. The first-order valence-corrected chi connectivity index (χ1v) is 19.2. The average molecular weight is 646 g/mol. The van der Waals surface area contributed by atoms with E-state index in [1.54, 1.807) is 0 Å². The summed E-state index contributed by atoms with van der Waals surface area (Å²) >= 11 is 0. The van der Waals surface area contributed by atoms with Gasteiger partial charge in [-0.3, -0.25) is 4.90 Å². The smallest absolute Gasteiger partial charge is 0.179 e. The lowest BCUT2D eigenvalue weighted by Gasteiger charge is -2.35. The Balaban J connectivity index is 1.32. The highest BCUT2D eigenvalue weighted by Crippen LogP contribution is 2.49. The van der Waals surface area contributed by atoms with Gasteiger partial charge in [0.1, 0.15) is 12.4 Å². The zero-order chi connectivity index (χ0) is 32.6. The number of fused-ring (bicyclic) bond motifs is 1. The first-order valence-electron chi connectivity index (χ1n) is 17.6. The van der Waals surface area contributed by atoms with E-state index in [1.807, 2.05) is 19.2 Å². The number of benzene rings is 3. The summed E-state index contributed by atoms with van der Waals surface area (Å²) in [6.07, 6.45) is 6.97. The lowest BCUT2D eigenvalue weighted by molar-refractivity contribution is 0.132. The van der Waals surface area contributed by atoms with Gasteiger partial charge in [-0.25, -0.2) is 8.42 Å². The van der Waals surface area contributed by atoms with Crippen molar-refractivity contribution >= 4 is 15.5 Å². The van der Waals surface area contributed by atoms with Crippen molar-refractivity contribution in [2.45, 2.75) is 89.7 Å². The molecule has 5 rings (SSSR count). The second-order valence-electron chi connectivity index (χ2n) is 13.6. The van der Waals surface area contributed by atoms with Crippen LogP contribution in [-0.4, -0.2) is 63.7 Å². The zero-order valence-electron chi connectivity index (χ0n) is 28.6. The SMILES string of the molecule is CCCCC1(CCCC)C[C@H](c2ccc(OCc3ccc(CN4CCN(CC)CC4)cc3)cc2)c2cc(NC)ccc2S(=O)(=O)C1. The molecule has 0 amide bonds. The van der Waals surface area contributed by atoms with Gasteiger partial charge >= 0.3 is 0 Å². The number of sulfone groups is 1. The van der Waals surface area contributed by atoms with Gasteiger partial charge in [0.05, 0.1) is 10.6 Å². The van der Waals surface area contributed by atoms with E-state index in [0.717, 1.165) is 112 Å². The van der Waals surface area contributed by atoms with Crippen molar-refractivity contribution in [3.63, 3.8) is 0 Å². The molecule has 0 unspecified atom stereocenters. The number of rotatable bonds is 14. The van der Waals surface area contributed by atoms with E-state index in [-0.39, 0.29) is 17.1 Å². The van der Waals surface area contributed by atoms with Crippen LogP contribution < -0.4 is 10.1 Å². The Morgan fingerprint density at radius 3 is 2.07 bits per heavy atom. The maximum absolute atomic E-state index is 14.0. The monoisotopic (exact) mass is 645 g/mol. The average Bonchev–Trinajstić information content (AvgIpc) is 3.18. The van der Waals surface area contributed by atoms with Crippen molar-refractivity contribution in [3.8, 4) is 5.75 Å². The van der Waals surface area contributed by atoms with Crippen LogP contribution in [0.25, 0.3) is 0 Å². The van der Waals surface area contributed by atoms with E-state index in [0.29, 0.717) is 11.5 Å². The summed E-state index contributed by atoms with van der Waals surface area (Å²) in [5.74, 6) is 1.06. The molecule has 46 heavy (non-hydrogen) atoms. The number of unbranched alkanes of at least 4 members (excludes halogenated alkanes) is 2. The van der Waals surface area contributed by atoms with Crippen molar-refractivity contribution in [2.75, 3.05) is 50.8 Å². The predicted octanol–water partition coefficient (Wildman–Crippen LogP) is 8.12. The molecule has 2 aliphatic heterocycles. The number of hydrogen-bond acceptors (Lipinski definition) is 6. The molecule has 0 spiro atoms. The number of hydrogen-bond donors (Lipinski definition) is 1. The number of anilines is 1. The molecule has 0 aromatic heterocycles. The third-order valence-corrected chi connectivity index (χ3v) is 12.3. The van der Waals surface area contributed by atoms with Crippen LogP contribution >= 0.6 is 0 Å². The van der Waals surface area contributed by atoms with Crippen LogP contribution in [0.3, 0.4) is 0 Å². The highest BCUT2D eigenvalue weighted by molar-refractivity contribution is 7.91. The van der Waals surface area contributed by atoms with Gasteiger partial charge in [-0.05, 0) is 83.8 Å². The summed E-state index contributed by atoms with van der Waals surface area (Å²) in [6, 6.07) is 23.0. The highest BCUT2D eigenvalue weighted by atomic mass is 32.2. The van der Waals surface area contributed by atoms with Crippen LogP contribution in [0.5, 0.6) is 5.75 Å². The molecule has 0 aliphatic carbocycles. The van der Waals surface area contributed by atoms with E-state index < -0.39 is 9.84 Å². The van der Waals surface area contributed by atoms with Gasteiger partial charge in [-0.2, -0.15) is 0 Å². The van der Waals surface area contributed by atoms with Crippen LogP contribution in [0.4, 0.5) is 5.69 Å². The second-order valence-corrected chi connectivity index (χ2v) is 15.6. The summed E-state index contributed by atoms with van der Waals surface area (Å²) in [6.45, 7) is 13.9. The molecule has 1 N–H and O–H groups in total. The Labute approximate surface area is 278 Å². The first-order chi connectivity index (χ1) is 22.3. The summed E-state index contributed by atoms with van der Waals surface area (Å²) < 4.78 is 34.2. The molecule has 6 nitrogen and oxygen atoms in total. The molecule has 1 saturated heterocycles. The zero-order valence-corrected chi connectivity index (χ0v) is 29.4. The van der Waals surface area contributed by atoms with E-state index in [2.05, 4.69) is 90.5 Å². The lowest BCUT2D eigenvalue weighted by Crippen LogP contribution is -2.45. The van der Waals surface area contributed by atoms with Crippen LogP contribution in [-0.2, 0) is 23.0 Å². The quantitative estimate of drug-likeness (QED) is 0.191. The minimum Gasteiger partial charge on any atom is -0.489 e. The Morgan fingerprint density at radius 1 is 0.826 bits per heavy atom. The number of nitrogens with one attached hydrogen (secondary N) is 1. The van der Waals surface area contributed by atoms with Crippen molar-refractivity contribution in [1.82, 2.24) is 9.80 Å². The molecule has 1 atom stereocenters. The molecule has 0 radical (unpaired) electrons. The number of nitrogens with zero attached hydrogens (tertiary/aromatic N) is 2. The van der Waals surface area contributed by atoms with Gasteiger partial charge < -0.3 is 15.0 Å². The fourth-order valence-corrected chi connectivity index (χ4v) is 9.65. The van der Waals surface area contributed by atoms with Crippen LogP contribution in [0, 0.1) is 5.41 Å². The third-order valence-electron chi connectivity index (χ3n) is 10.3. The summed E-state index contributed by atoms with van der Waals surface area (Å²) in [7, 11) is -1.54. The first kappa shape index (κ1) is 34.5. The van der Waals surface area contributed by atoms with Crippen molar-refractivity contribution in [1.29, 1.82) is 0 Å². The summed E-state index contributed by atoms with van der Waals surface area (Å²) in [5, 5.41) is 3.24. The van der Waals surface area contributed by atoms with Gasteiger partial charge in [0.2, 0.25) is 0 Å². The third kappa shape index (κ3) is 8.53. The Hall–Kier alpha value is -2.87. The van der Waals surface area contributed by atoms with E-state index >= 15 is 0 Å². The summed E-state index contributed by atoms with van der Waals surface area (Å²) in [5.41, 5.74) is 5.28. The van der Waals surface area contributed by atoms with Gasteiger partial charge in [0, 0.05) is 51.4 Å². The minimum atomic E-state index is -3.43. The molecular formula is C39H55N3O3S. The minimum absolute atomic E-state index is 0.000770. The lowest BCUT2D eigenvalue weighted by atomic mass is 9.70. The molecule has 0 bridgehead atoms. The van der Waals surface area contributed by atoms with Crippen LogP contribution in [0.2, 0.25) is 0 Å². The predicted molar refractivity (Wildman–Crippen MR) is 191 cm³/mol. The van der Waals surface area contributed by atoms with Crippen molar-refractivity contribution in [2.24, 2.45) is 5.41 Å². The maximum atomic E-state index is 14.0. The van der Waals surface area contributed by atoms with Crippen molar-refractivity contribution < 1.29 is 13.2 Å². The fraction of sp³-hybridized carbons (Fsp3) is 0.538. The number of likely N-dealkylation sites (N-methyl/N-ethyl adjacent to an activating group) is 1. The highest BCUT2D eigenvalue weighted by Gasteiger charge is 2.42. The number of ether oxygens (including phenoxy) is 1. The van der Waals surface area contributed by atoms with E-state index in [1.165, 1.54) is 5.56 Å². The molecule has 250 valence electrons. The van der Waals surface area contributed by atoms with Crippen molar-refractivity contribution in [3.05, 3.63) is 89.0 Å². The molecule has 3 aromatic carbocycles. The largest absolute Gasteiger partial charge is 0.489 e. The Morgan fingerprint density at radius 2 is 1.46 bits per heavy atom. The second kappa shape index (κ2) is 15.8. The maximum Gasteiger partial charge on any atom is 0.179 e. The topological polar surface area (TPSA) is 61.9 Å². The molecule has 2 aliphatic rings. The van der Waals surface area contributed by atoms with Gasteiger partial charge in [-0.1, -0.05) is 82.9 Å². The Kier molecular flexibility index (Phi) is 11.8. The molecule has 3 aromatic rings. The normalized spacial score (nSPS) is 19.7. The van der Waals surface area contributed by atoms with Crippen LogP contribution in [0.15, 0.2) is 71.6 Å². The van der Waals surface area contributed by atoms with E-state index in [9.17, 15) is 8.42 Å². The van der Waals surface area contributed by atoms with Gasteiger partial charge in [-0.15, -0.1) is 0 Å². The van der Waals surface area contributed by atoms with Gasteiger partial charge in [0.25, 0.3) is 0 Å². The molecule has 2 heterocycles. The molecular weight excluding hydrogens is 591 g/mol. The molecule has 7 heteroatoms. The summed E-state index contributed by atoms with van der Waals surface area (Å²) in [4.78, 5) is 5.55. The van der Waals surface area contributed by atoms with Crippen LogP contribution in [0.1, 0.15) is 93.9 Å².